The van der Waals surface area contributed by atoms with E-state index in [-0.39, 0.29) is 26.8 Å². The van der Waals surface area contributed by atoms with E-state index in [1.165, 1.54) is 49.6 Å². The quantitative estimate of drug-likeness (QED) is 0.566. The van der Waals surface area contributed by atoms with Crippen LogP contribution in [0.3, 0.4) is 0 Å². The van der Waals surface area contributed by atoms with E-state index in [0.29, 0.717) is 0 Å². The highest BCUT2D eigenvalue weighted by atomic mass is 35.5. The molecule has 0 saturated heterocycles. The Kier molecular flexibility index (Phi) is 6.19. The molecule has 0 aromatic heterocycles. The Morgan fingerprint density at radius 2 is 1.73 bits per heavy atom. The van der Waals surface area contributed by atoms with Gasteiger partial charge in [-0.05, 0) is 30.3 Å². The van der Waals surface area contributed by atoms with Crippen LogP contribution in [0.1, 0.15) is 20.7 Å². The van der Waals surface area contributed by atoms with Gasteiger partial charge in [0, 0.05) is 5.02 Å². The first-order valence-electron chi connectivity index (χ1n) is 7.13. The molecule has 0 radical (unpaired) electrons. The Labute approximate surface area is 155 Å². The molecule has 138 valence electrons. The zero-order chi connectivity index (χ0) is 19.3. The molecular formula is C16H15ClN2O6S. The second kappa shape index (κ2) is 8.17. The SMILES string of the molecule is COC(=O)c1ccccc1S(=O)(=O)NNC(=O)c1cc(Cl)ccc1OC. The summed E-state index contributed by atoms with van der Waals surface area (Å²) in [6.45, 7) is 0. The molecule has 26 heavy (non-hydrogen) atoms. The molecule has 0 saturated carbocycles. The average molecular weight is 399 g/mol. The first kappa shape index (κ1) is 19.7. The van der Waals surface area contributed by atoms with Gasteiger partial charge in [-0.1, -0.05) is 23.7 Å². The minimum absolute atomic E-state index is 0.0314. The molecule has 0 aliphatic rings. The van der Waals surface area contributed by atoms with Gasteiger partial charge >= 0.3 is 5.97 Å². The van der Waals surface area contributed by atoms with Crippen LogP contribution in [0, 0.1) is 0 Å². The standard InChI is InChI=1S/C16H15ClN2O6S/c1-24-13-8-7-10(17)9-12(13)15(20)18-19-26(22,23)14-6-4-3-5-11(14)16(21)25-2/h3-9,19H,1-2H3,(H,18,20). The first-order valence-corrected chi connectivity index (χ1v) is 8.99. The highest BCUT2D eigenvalue weighted by Gasteiger charge is 2.24. The number of hydrogen-bond acceptors (Lipinski definition) is 6. The highest BCUT2D eigenvalue weighted by Crippen LogP contribution is 2.22. The maximum absolute atomic E-state index is 12.4. The van der Waals surface area contributed by atoms with Gasteiger partial charge in [0.15, 0.2) is 0 Å². The summed E-state index contributed by atoms with van der Waals surface area (Å²) in [6.07, 6.45) is 0. The number of benzene rings is 2. The number of rotatable bonds is 6. The maximum atomic E-state index is 12.4. The molecule has 1 amide bonds. The number of carbonyl (C=O) groups excluding carboxylic acids is 2. The van der Waals surface area contributed by atoms with Crippen LogP contribution in [0.15, 0.2) is 47.4 Å². The van der Waals surface area contributed by atoms with E-state index in [9.17, 15) is 18.0 Å². The number of esters is 1. The topological polar surface area (TPSA) is 111 Å². The fraction of sp³-hybridized carbons (Fsp3) is 0.125. The lowest BCUT2D eigenvalue weighted by atomic mass is 10.2. The lowest BCUT2D eigenvalue weighted by Crippen LogP contribution is -2.42. The number of ether oxygens (including phenoxy) is 2. The lowest BCUT2D eigenvalue weighted by molar-refractivity contribution is 0.0596. The summed E-state index contributed by atoms with van der Waals surface area (Å²) in [4.78, 5) is 25.6. The van der Waals surface area contributed by atoms with Crippen LogP contribution in [-0.4, -0.2) is 34.5 Å². The van der Waals surface area contributed by atoms with Gasteiger partial charge < -0.3 is 9.47 Å². The smallest absolute Gasteiger partial charge is 0.339 e. The Morgan fingerprint density at radius 3 is 2.38 bits per heavy atom. The van der Waals surface area contributed by atoms with Crippen LogP contribution >= 0.6 is 11.6 Å². The van der Waals surface area contributed by atoms with Crippen LogP contribution in [0.4, 0.5) is 0 Å². The second-order valence-electron chi connectivity index (χ2n) is 4.89. The molecule has 8 nitrogen and oxygen atoms in total. The van der Waals surface area contributed by atoms with E-state index >= 15 is 0 Å². The predicted octanol–water partition coefficient (Wildman–Crippen LogP) is 1.76. The number of hydrazine groups is 1. The van der Waals surface area contributed by atoms with E-state index in [1.54, 1.807) is 0 Å². The van der Waals surface area contributed by atoms with Crippen LogP contribution < -0.4 is 15.0 Å². The Bertz CT molecular complexity index is 946. The van der Waals surface area contributed by atoms with Crippen molar-refractivity contribution in [1.29, 1.82) is 0 Å². The van der Waals surface area contributed by atoms with E-state index < -0.39 is 21.9 Å². The molecule has 2 rings (SSSR count). The third-order valence-corrected chi connectivity index (χ3v) is 4.83. The predicted molar refractivity (Wildman–Crippen MR) is 93.6 cm³/mol. The molecule has 0 unspecified atom stereocenters. The number of carbonyl (C=O) groups is 2. The van der Waals surface area contributed by atoms with Crippen LogP contribution in [0.2, 0.25) is 5.02 Å². The minimum Gasteiger partial charge on any atom is -0.496 e. The molecule has 10 heteroatoms. The van der Waals surface area contributed by atoms with Gasteiger partial charge in [0.1, 0.15) is 5.75 Å². The monoisotopic (exact) mass is 398 g/mol. The number of nitrogens with one attached hydrogen (secondary N) is 2. The Morgan fingerprint density at radius 1 is 1.04 bits per heavy atom. The van der Waals surface area contributed by atoms with Crippen molar-refractivity contribution < 1.29 is 27.5 Å². The summed E-state index contributed by atoms with van der Waals surface area (Å²) in [6, 6.07) is 9.74. The molecule has 0 atom stereocenters. The van der Waals surface area contributed by atoms with Gasteiger partial charge in [0.2, 0.25) is 0 Å². The first-order chi connectivity index (χ1) is 12.3. The number of hydrogen-bond donors (Lipinski definition) is 2. The fourth-order valence-electron chi connectivity index (χ4n) is 2.07. The Hall–Kier alpha value is -2.62. The third kappa shape index (κ3) is 4.31. The van der Waals surface area contributed by atoms with Crippen LogP contribution in [-0.2, 0) is 14.8 Å². The van der Waals surface area contributed by atoms with Crippen molar-refractivity contribution in [3.63, 3.8) is 0 Å². The molecular weight excluding hydrogens is 384 g/mol. The van der Waals surface area contributed by atoms with Gasteiger partial charge in [-0.25, -0.2) is 13.2 Å². The number of sulfonamides is 1. The van der Waals surface area contributed by atoms with E-state index in [2.05, 4.69) is 10.2 Å². The molecule has 0 bridgehead atoms. The van der Waals surface area contributed by atoms with Gasteiger partial charge in [0.25, 0.3) is 15.9 Å². The van der Waals surface area contributed by atoms with Gasteiger partial charge in [-0.15, -0.1) is 4.83 Å². The number of halogens is 1. The summed E-state index contributed by atoms with van der Waals surface area (Å²) < 4.78 is 34.5. The van der Waals surface area contributed by atoms with E-state index in [1.807, 2.05) is 4.83 Å². The van der Waals surface area contributed by atoms with Crippen LogP contribution in [0.5, 0.6) is 5.75 Å². The molecule has 2 aromatic carbocycles. The van der Waals surface area contributed by atoms with Crippen molar-refractivity contribution in [3.8, 4) is 5.75 Å². The highest BCUT2D eigenvalue weighted by molar-refractivity contribution is 7.89. The van der Waals surface area contributed by atoms with Crippen molar-refractivity contribution >= 4 is 33.5 Å². The second-order valence-corrected chi connectivity index (χ2v) is 6.98. The summed E-state index contributed by atoms with van der Waals surface area (Å²) in [5, 5.41) is 0.273. The zero-order valence-corrected chi connectivity index (χ0v) is 15.3. The molecule has 2 N–H and O–H groups in total. The zero-order valence-electron chi connectivity index (χ0n) is 13.8. The van der Waals surface area contributed by atoms with Crippen LogP contribution in [0.25, 0.3) is 0 Å². The largest absolute Gasteiger partial charge is 0.496 e. The summed E-state index contributed by atoms with van der Waals surface area (Å²) in [5.74, 6) is -1.40. The average Bonchev–Trinajstić information content (AvgIpc) is 2.65. The summed E-state index contributed by atoms with van der Waals surface area (Å²) in [7, 11) is -1.75. The number of methoxy groups -OCH3 is 2. The normalized spacial score (nSPS) is 10.9. The summed E-state index contributed by atoms with van der Waals surface area (Å²) in [5.41, 5.74) is 1.92. The van der Waals surface area contributed by atoms with Gasteiger partial charge in [-0.3, -0.25) is 10.2 Å². The lowest BCUT2D eigenvalue weighted by Gasteiger charge is -2.12. The van der Waals surface area contributed by atoms with Crippen molar-refractivity contribution in [2.24, 2.45) is 0 Å². The summed E-state index contributed by atoms with van der Waals surface area (Å²) >= 11 is 5.85. The molecule has 0 aliphatic heterocycles. The number of amides is 1. The third-order valence-electron chi connectivity index (χ3n) is 3.29. The Balaban J connectivity index is 2.26. The molecule has 0 aliphatic carbocycles. The minimum atomic E-state index is -4.24. The van der Waals surface area contributed by atoms with E-state index in [4.69, 9.17) is 16.3 Å². The van der Waals surface area contributed by atoms with Gasteiger partial charge in [0.05, 0.1) is 30.2 Å². The molecule has 0 heterocycles. The van der Waals surface area contributed by atoms with Crippen molar-refractivity contribution in [2.75, 3.05) is 14.2 Å². The van der Waals surface area contributed by atoms with E-state index in [0.717, 1.165) is 7.11 Å². The van der Waals surface area contributed by atoms with Crippen molar-refractivity contribution in [3.05, 3.63) is 58.6 Å². The molecule has 2 aromatic rings. The maximum Gasteiger partial charge on any atom is 0.339 e. The molecule has 0 fully saturated rings. The van der Waals surface area contributed by atoms with Gasteiger partial charge in [-0.2, -0.15) is 0 Å². The fourth-order valence-corrected chi connectivity index (χ4v) is 3.28. The van der Waals surface area contributed by atoms with Crippen molar-refractivity contribution in [2.45, 2.75) is 4.90 Å². The van der Waals surface area contributed by atoms with Crippen molar-refractivity contribution in [1.82, 2.24) is 10.3 Å². The molecule has 0 spiro atoms.